The van der Waals surface area contributed by atoms with Crippen LogP contribution in [-0.4, -0.2) is 45.9 Å². The number of hydrogen-bond donors (Lipinski definition) is 0. The van der Waals surface area contributed by atoms with E-state index in [1.165, 1.54) is 16.8 Å². The summed E-state index contributed by atoms with van der Waals surface area (Å²) in [6.07, 6.45) is 0.704. The van der Waals surface area contributed by atoms with Gasteiger partial charge in [0, 0.05) is 6.42 Å². The van der Waals surface area contributed by atoms with E-state index >= 15 is 0 Å². The smallest absolute Gasteiger partial charge is 0.218 e. The first-order valence-electron chi connectivity index (χ1n) is 7.27. The Bertz CT molecular complexity index is 718. The zero-order valence-electron chi connectivity index (χ0n) is 12.1. The Morgan fingerprint density at radius 2 is 2.17 bits per heavy atom. The van der Waals surface area contributed by atoms with E-state index in [0.717, 1.165) is 0 Å². The third-order valence-corrected chi connectivity index (χ3v) is 3.87. The average molecular weight is 319 g/mol. The fraction of sp³-hybridized carbons (Fsp3) is 0.400. The van der Waals surface area contributed by atoms with Gasteiger partial charge in [0.15, 0.2) is 5.78 Å². The molecule has 2 saturated heterocycles. The summed E-state index contributed by atoms with van der Waals surface area (Å²) in [6, 6.07) is 5.93. The summed E-state index contributed by atoms with van der Waals surface area (Å²) in [5, 5.41) is 8.00. The number of hydrogen-bond acceptors (Lipinski definition) is 6. The molecule has 0 unspecified atom stereocenters. The summed E-state index contributed by atoms with van der Waals surface area (Å²) in [5.74, 6) is -0.407. The number of halogens is 1. The molecule has 2 aromatic rings. The summed E-state index contributed by atoms with van der Waals surface area (Å²) in [4.78, 5) is 11.7. The van der Waals surface area contributed by atoms with Gasteiger partial charge in [0.05, 0.1) is 31.2 Å². The maximum absolute atomic E-state index is 12.9. The number of fused-ring (bicyclic) bond motifs is 2. The van der Waals surface area contributed by atoms with Gasteiger partial charge in [0.25, 0.3) is 0 Å². The van der Waals surface area contributed by atoms with Gasteiger partial charge in [-0.15, -0.1) is 5.10 Å². The highest BCUT2D eigenvalue weighted by Crippen LogP contribution is 2.27. The number of benzene rings is 1. The van der Waals surface area contributed by atoms with Crippen molar-refractivity contribution in [3.8, 4) is 5.69 Å². The Morgan fingerprint density at radius 3 is 3.00 bits per heavy atom. The van der Waals surface area contributed by atoms with Crippen molar-refractivity contribution in [1.29, 1.82) is 0 Å². The number of Topliss-reactive ketones (excluding diaryl/α,β-unsaturated/α-hetero) is 1. The van der Waals surface area contributed by atoms with Crippen molar-refractivity contribution in [2.75, 3.05) is 6.61 Å². The molecule has 3 atom stereocenters. The second-order valence-electron chi connectivity index (χ2n) is 5.49. The van der Waals surface area contributed by atoms with Gasteiger partial charge in [-0.05, 0) is 24.3 Å². The Labute approximate surface area is 130 Å². The second-order valence-corrected chi connectivity index (χ2v) is 5.49. The van der Waals surface area contributed by atoms with Gasteiger partial charge in [0.1, 0.15) is 17.6 Å². The molecule has 0 N–H and O–H groups in total. The summed E-state index contributed by atoms with van der Waals surface area (Å²) < 4.78 is 30.8. The van der Waals surface area contributed by atoms with E-state index in [9.17, 15) is 9.18 Å². The number of ketones is 1. The molecule has 2 aliphatic heterocycles. The van der Waals surface area contributed by atoms with Crippen molar-refractivity contribution in [1.82, 2.24) is 15.0 Å². The number of nitrogens with zero attached hydrogens (tertiary/aromatic N) is 3. The van der Waals surface area contributed by atoms with Gasteiger partial charge < -0.3 is 14.2 Å². The number of aromatic nitrogens is 3. The van der Waals surface area contributed by atoms with Crippen molar-refractivity contribution in [3.63, 3.8) is 0 Å². The maximum atomic E-state index is 12.9. The summed E-state index contributed by atoms with van der Waals surface area (Å²) in [6.45, 7) is 0.576. The van der Waals surface area contributed by atoms with Crippen molar-refractivity contribution in [2.45, 2.75) is 31.5 Å². The highest BCUT2D eigenvalue weighted by molar-refractivity contribution is 5.83. The first kappa shape index (κ1) is 14.4. The minimum atomic E-state index is -0.723. The van der Waals surface area contributed by atoms with E-state index in [4.69, 9.17) is 14.2 Å². The molecule has 0 amide bonds. The van der Waals surface area contributed by atoms with E-state index in [0.29, 0.717) is 18.0 Å². The number of ether oxygens (including phenoxy) is 3. The largest absolute Gasteiger partial charge is 0.369 e. The quantitative estimate of drug-likeness (QED) is 0.837. The monoisotopic (exact) mass is 319 g/mol. The van der Waals surface area contributed by atoms with Crippen LogP contribution >= 0.6 is 0 Å². The number of carbonyl (C=O) groups excluding carboxylic acids is 1. The first-order valence-corrected chi connectivity index (χ1v) is 7.27. The van der Waals surface area contributed by atoms with Crippen molar-refractivity contribution < 1.29 is 23.4 Å². The minimum Gasteiger partial charge on any atom is -0.369 e. The van der Waals surface area contributed by atoms with Gasteiger partial charge in [0.2, 0.25) is 6.29 Å². The summed E-state index contributed by atoms with van der Waals surface area (Å²) in [7, 11) is 0. The van der Waals surface area contributed by atoms with Gasteiger partial charge >= 0.3 is 0 Å². The zero-order chi connectivity index (χ0) is 15.8. The number of carbonyl (C=O) groups is 1. The van der Waals surface area contributed by atoms with Crippen LogP contribution in [0.2, 0.25) is 0 Å². The maximum Gasteiger partial charge on any atom is 0.218 e. The summed E-state index contributed by atoms with van der Waals surface area (Å²) in [5.41, 5.74) is 1.32. The first-order chi connectivity index (χ1) is 11.2. The Hall–Kier alpha value is -2.16. The SMILES string of the molecule is O=C1C[C@H](OCc2cn(-c3ccc(F)cc3)nn2)[C@H]2CO[C@@H]1O2. The molecule has 120 valence electrons. The van der Waals surface area contributed by atoms with Crippen LogP contribution in [0.15, 0.2) is 30.5 Å². The van der Waals surface area contributed by atoms with Crippen LogP contribution in [0.1, 0.15) is 12.1 Å². The third-order valence-electron chi connectivity index (χ3n) is 3.87. The fourth-order valence-corrected chi connectivity index (χ4v) is 2.65. The van der Waals surface area contributed by atoms with Crippen LogP contribution in [0.4, 0.5) is 4.39 Å². The van der Waals surface area contributed by atoms with Gasteiger partial charge in [-0.1, -0.05) is 5.21 Å². The normalized spacial score (nSPS) is 26.7. The van der Waals surface area contributed by atoms with Crippen LogP contribution in [0.5, 0.6) is 0 Å². The average Bonchev–Trinajstić information content (AvgIpc) is 3.19. The summed E-state index contributed by atoms with van der Waals surface area (Å²) >= 11 is 0. The lowest BCUT2D eigenvalue weighted by atomic mass is 10.1. The van der Waals surface area contributed by atoms with Gasteiger partial charge in [-0.2, -0.15) is 0 Å². The third kappa shape index (κ3) is 2.88. The Kier molecular flexibility index (Phi) is 3.64. The molecule has 0 saturated carbocycles. The lowest BCUT2D eigenvalue weighted by Gasteiger charge is -2.25. The van der Waals surface area contributed by atoms with E-state index < -0.39 is 6.29 Å². The molecule has 4 rings (SSSR count). The van der Waals surface area contributed by atoms with Crippen molar-refractivity contribution in [2.24, 2.45) is 0 Å². The molecule has 0 spiro atoms. The van der Waals surface area contributed by atoms with E-state index in [1.54, 1.807) is 18.3 Å². The van der Waals surface area contributed by atoms with Crippen LogP contribution in [0, 0.1) is 5.82 Å². The standard InChI is InChI=1S/C15H14FN3O4/c16-9-1-3-11(4-2-9)19-6-10(17-18-19)7-21-13-5-12(20)15-22-8-14(13)23-15/h1-4,6,13-15H,5,7-8H2/t13-,14+,15+/m0/s1. The second kappa shape index (κ2) is 5.80. The highest BCUT2D eigenvalue weighted by atomic mass is 19.1. The molecule has 3 heterocycles. The van der Waals surface area contributed by atoms with Crippen molar-refractivity contribution in [3.05, 3.63) is 42.0 Å². The zero-order valence-corrected chi connectivity index (χ0v) is 12.1. The van der Waals surface area contributed by atoms with Crippen LogP contribution < -0.4 is 0 Å². The van der Waals surface area contributed by atoms with E-state index in [1.807, 2.05) is 0 Å². The molecule has 1 aromatic carbocycles. The molecule has 0 aliphatic carbocycles. The lowest BCUT2D eigenvalue weighted by Crippen LogP contribution is -2.40. The molecule has 8 heteroatoms. The van der Waals surface area contributed by atoms with E-state index in [2.05, 4.69) is 10.3 Å². The van der Waals surface area contributed by atoms with Crippen LogP contribution in [0.25, 0.3) is 5.69 Å². The molecule has 2 fully saturated rings. The van der Waals surface area contributed by atoms with Crippen molar-refractivity contribution >= 4 is 5.78 Å². The fourth-order valence-electron chi connectivity index (χ4n) is 2.65. The lowest BCUT2D eigenvalue weighted by molar-refractivity contribution is -0.168. The Balaban J connectivity index is 1.40. The minimum absolute atomic E-state index is 0.0984. The molecule has 2 aliphatic rings. The van der Waals surface area contributed by atoms with Crippen LogP contribution in [-0.2, 0) is 25.6 Å². The van der Waals surface area contributed by atoms with E-state index in [-0.39, 0.29) is 36.8 Å². The molecule has 2 bridgehead atoms. The topological polar surface area (TPSA) is 75.5 Å². The molecular formula is C15H14FN3O4. The van der Waals surface area contributed by atoms with Crippen LogP contribution in [0.3, 0.4) is 0 Å². The molecular weight excluding hydrogens is 305 g/mol. The number of rotatable bonds is 4. The molecule has 1 aromatic heterocycles. The molecule has 23 heavy (non-hydrogen) atoms. The molecule has 7 nitrogen and oxygen atoms in total. The molecule has 0 radical (unpaired) electrons. The van der Waals surface area contributed by atoms with Gasteiger partial charge in [-0.3, -0.25) is 4.79 Å². The highest BCUT2D eigenvalue weighted by Gasteiger charge is 2.43. The predicted molar refractivity (Wildman–Crippen MR) is 74.1 cm³/mol. The van der Waals surface area contributed by atoms with Gasteiger partial charge in [-0.25, -0.2) is 9.07 Å². The predicted octanol–water partition coefficient (Wildman–Crippen LogP) is 1.01. The Morgan fingerprint density at radius 1 is 1.35 bits per heavy atom.